The van der Waals surface area contributed by atoms with Crippen molar-refractivity contribution in [2.75, 3.05) is 7.11 Å². The van der Waals surface area contributed by atoms with Crippen molar-refractivity contribution in [2.24, 2.45) is 0 Å². The minimum Gasteiger partial charge on any atom is -0.508 e. The number of hydrogen-bond acceptors (Lipinski definition) is 2. The highest BCUT2D eigenvalue weighted by Gasteiger charge is 2.16. The first-order valence-electron chi connectivity index (χ1n) is 8.64. The Morgan fingerprint density at radius 2 is 1.87 bits per heavy atom. The molecule has 0 saturated carbocycles. The monoisotopic (exact) mass is 318 g/mol. The van der Waals surface area contributed by atoms with Crippen LogP contribution in [0.3, 0.4) is 0 Å². The Morgan fingerprint density at radius 3 is 2.43 bits per heavy atom. The number of hydrogen-bond donors (Lipinski definition) is 2. The Morgan fingerprint density at radius 1 is 1.17 bits per heavy atom. The fraction of sp³-hybridized carbons (Fsp3) is 0.524. The van der Waals surface area contributed by atoms with Crippen molar-refractivity contribution in [3.05, 3.63) is 54.1 Å². The maximum Gasteiger partial charge on any atom is 0.119 e. The lowest BCUT2D eigenvalue weighted by Crippen LogP contribution is -2.02. The number of phenols is 1. The van der Waals surface area contributed by atoms with Gasteiger partial charge in [-0.2, -0.15) is 0 Å². The Balaban J connectivity index is 0.00000112. The van der Waals surface area contributed by atoms with Crippen molar-refractivity contribution in [3.8, 4) is 5.75 Å². The Labute approximate surface area is 142 Å². The zero-order valence-corrected chi connectivity index (χ0v) is 15.1. The van der Waals surface area contributed by atoms with Crippen LogP contribution in [0.25, 0.3) is 0 Å². The Hall–Kier alpha value is -1.54. The quantitative estimate of drug-likeness (QED) is 0.536. The second-order valence-electron chi connectivity index (χ2n) is 5.86. The van der Waals surface area contributed by atoms with Crippen LogP contribution in [-0.4, -0.2) is 17.3 Å². The molecule has 1 aliphatic carbocycles. The summed E-state index contributed by atoms with van der Waals surface area (Å²) < 4.78 is 0. The molecule has 2 heteroatoms. The minimum absolute atomic E-state index is 0.415. The van der Waals surface area contributed by atoms with Crippen molar-refractivity contribution < 1.29 is 10.2 Å². The number of unbranched alkanes of at least 4 members (excludes halogenated alkanes) is 2. The van der Waals surface area contributed by atoms with E-state index < -0.39 is 0 Å². The normalized spacial score (nSPS) is 16.3. The van der Waals surface area contributed by atoms with Gasteiger partial charge < -0.3 is 10.2 Å². The van der Waals surface area contributed by atoms with Gasteiger partial charge in [-0.1, -0.05) is 43.5 Å². The van der Waals surface area contributed by atoms with Crippen LogP contribution in [0.1, 0.15) is 69.4 Å². The van der Waals surface area contributed by atoms with E-state index in [9.17, 15) is 5.11 Å². The van der Waals surface area contributed by atoms with E-state index in [1.54, 1.807) is 0 Å². The van der Waals surface area contributed by atoms with Gasteiger partial charge in [-0.3, -0.25) is 0 Å². The average Bonchev–Trinajstić information content (AvgIpc) is 2.59. The SMILES string of the molecule is C=C.CCCCCc1ccc(C2C=C(C)CCC2)c(O)c1.CO. The van der Waals surface area contributed by atoms with Gasteiger partial charge in [0, 0.05) is 18.6 Å². The lowest BCUT2D eigenvalue weighted by Gasteiger charge is -2.21. The number of aromatic hydroxyl groups is 1. The molecule has 0 heterocycles. The molecule has 0 aromatic heterocycles. The highest BCUT2D eigenvalue weighted by molar-refractivity contribution is 5.41. The molecule has 0 saturated heterocycles. The fourth-order valence-corrected chi connectivity index (χ4v) is 2.99. The third kappa shape index (κ3) is 7.51. The van der Waals surface area contributed by atoms with Crippen molar-refractivity contribution in [1.82, 2.24) is 0 Å². The zero-order valence-electron chi connectivity index (χ0n) is 15.1. The molecule has 2 nitrogen and oxygen atoms in total. The maximum absolute atomic E-state index is 10.3. The van der Waals surface area contributed by atoms with Gasteiger partial charge in [0.05, 0.1) is 0 Å². The topological polar surface area (TPSA) is 40.5 Å². The van der Waals surface area contributed by atoms with Crippen molar-refractivity contribution in [2.45, 2.75) is 64.7 Å². The van der Waals surface area contributed by atoms with Crippen LogP contribution >= 0.6 is 0 Å². The molecule has 0 amide bonds. The highest BCUT2D eigenvalue weighted by Crippen LogP contribution is 2.36. The Kier molecular flexibility index (Phi) is 12.1. The lowest BCUT2D eigenvalue weighted by molar-refractivity contribution is 0.399. The molecule has 0 spiro atoms. The molecule has 0 bridgehead atoms. The van der Waals surface area contributed by atoms with Crippen LogP contribution < -0.4 is 0 Å². The molecular weight excluding hydrogens is 284 g/mol. The Bertz CT molecular complexity index is 463. The summed E-state index contributed by atoms with van der Waals surface area (Å²) in [6.07, 6.45) is 10.8. The van der Waals surface area contributed by atoms with E-state index in [0.29, 0.717) is 11.7 Å². The molecule has 2 N–H and O–H groups in total. The molecule has 1 aliphatic rings. The van der Waals surface area contributed by atoms with E-state index in [1.165, 1.54) is 49.7 Å². The van der Waals surface area contributed by atoms with E-state index in [2.05, 4.69) is 45.2 Å². The first-order valence-corrected chi connectivity index (χ1v) is 8.64. The summed E-state index contributed by atoms with van der Waals surface area (Å²) in [7, 11) is 1.00. The van der Waals surface area contributed by atoms with E-state index in [4.69, 9.17) is 5.11 Å². The van der Waals surface area contributed by atoms with E-state index in [-0.39, 0.29) is 0 Å². The van der Waals surface area contributed by atoms with Crippen LogP contribution in [-0.2, 0) is 6.42 Å². The van der Waals surface area contributed by atoms with Gasteiger partial charge in [0.25, 0.3) is 0 Å². The smallest absolute Gasteiger partial charge is 0.119 e. The molecule has 0 fully saturated rings. The fourth-order valence-electron chi connectivity index (χ4n) is 2.99. The number of aliphatic hydroxyl groups is 1. The largest absolute Gasteiger partial charge is 0.508 e. The second-order valence-corrected chi connectivity index (χ2v) is 5.86. The van der Waals surface area contributed by atoms with Gasteiger partial charge in [0.2, 0.25) is 0 Å². The number of rotatable bonds is 5. The van der Waals surface area contributed by atoms with E-state index in [1.807, 2.05) is 6.07 Å². The zero-order chi connectivity index (χ0) is 17.7. The molecular formula is C21H34O2. The van der Waals surface area contributed by atoms with Gasteiger partial charge in [-0.25, -0.2) is 0 Å². The number of aliphatic hydroxyl groups excluding tert-OH is 1. The standard InChI is InChI=1S/C18H26O.C2H4.CH4O/c1-3-4-5-8-15-10-11-17(18(19)13-15)16-9-6-7-14(2)12-16;2*1-2/h10-13,16,19H,3-9H2,1-2H3;1-2H2;2H,1H3. The summed E-state index contributed by atoms with van der Waals surface area (Å²) in [5.74, 6) is 0.906. The second kappa shape index (κ2) is 13.0. The average molecular weight is 319 g/mol. The highest BCUT2D eigenvalue weighted by atomic mass is 16.3. The number of benzene rings is 1. The van der Waals surface area contributed by atoms with Gasteiger partial charge in [0.1, 0.15) is 5.75 Å². The predicted octanol–water partition coefficient (Wildman–Crippen LogP) is 5.75. The molecule has 0 radical (unpaired) electrons. The number of allylic oxidation sites excluding steroid dienone is 2. The van der Waals surface area contributed by atoms with Gasteiger partial charge in [-0.15, -0.1) is 13.2 Å². The molecule has 0 aliphatic heterocycles. The predicted molar refractivity (Wildman–Crippen MR) is 101 cm³/mol. The van der Waals surface area contributed by atoms with Crippen LogP contribution in [0.4, 0.5) is 0 Å². The molecule has 1 unspecified atom stereocenters. The van der Waals surface area contributed by atoms with Gasteiger partial charge in [0.15, 0.2) is 0 Å². The van der Waals surface area contributed by atoms with Gasteiger partial charge >= 0.3 is 0 Å². The van der Waals surface area contributed by atoms with E-state index >= 15 is 0 Å². The molecule has 1 atom stereocenters. The van der Waals surface area contributed by atoms with Crippen LogP contribution in [0.2, 0.25) is 0 Å². The summed E-state index contributed by atoms with van der Waals surface area (Å²) in [5, 5.41) is 17.3. The number of aryl methyl sites for hydroxylation is 1. The summed E-state index contributed by atoms with van der Waals surface area (Å²) in [6.45, 7) is 10.4. The first kappa shape index (κ1) is 21.5. The van der Waals surface area contributed by atoms with Gasteiger partial charge in [-0.05, 0) is 50.7 Å². The molecule has 1 aromatic carbocycles. The summed E-state index contributed by atoms with van der Waals surface area (Å²) in [6, 6.07) is 6.31. The van der Waals surface area contributed by atoms with Crippen molar-refractivity contribution in [3.63, 3.8) is 0 Å². The third-order valence-corrected chi connectivity index (χ3v) is 4.14. The third-order valence-electron chi connectivity index (χ3n) is 4.14. The maximum atomic E-state index is 10.3. The minimum atomic E-state index is 0.415. The van der Waals surface area contributed by atoms with Crippen molar-refractivity contribution >= 4 is 0 Å². The lowest BCUT2D eigenvalue weighted by atomic mass is 9.85. The van der Waals surface area contributed by atoms with E-state index in [0.717, 1.165) is 19.1 Å². The van der Waals surface area contributed by atoms with Crippen LogP contribution in [0.15, 0.2) is 43.0 Å². The summed E-state index contributed by atoms with van der Waals surface area (Å²) in [5.41, 5.74) is 3.84. The van der Waals surface area contributed by atoms with Crippen molar-refractivity contribution in [1.29, 1.82) is 0 Å². The molecule has 130 valence electrons. The molecule has 1 aromatic rings. The number of phenolic OH excluding ortho intramolecular Hbond substituents is 1. The van der Waals surface area contributed by atoms with Crippen LogP contribution in [0, 0.1) is 0 Å². The van der Waals surface area contributed by atoms with Crippen LogP contribution in [0.5, 0.6) is 5.75 Å². The first-order chi connectivity index (χ1) is 11.2. The summed E-state index contributed by atoms with van der Waals surface area (Å²) in [4.78, 5) is 0. The summed E-state index contributed by atoms with van der Waals surface area (Å²) >= 11 is 0. The molecule has 23 heavy (non-hydrogen) atoms. The molecule has 2 rings (SSSR count).